The summed E-state index contributed by atoms with van der Waals surface area (Å²) in [6.07, 6.45) is 0.807. The molecule has 0 aromatic carbocycles. The Bertz CT molecular complexity index is 275. The molecule has 0 atom stereocenters. The molecule has 3 heteroatoms. The van der Waals surface area contributed by atoms with Gasteiger partial charge in [0.15, 0.2) is 5.76 Å². The van der Waals surface area contributed by atoms with Crippen molar-refractivity contribution in [2.24, 2.45) is 0 Å². The number of ether oxygens (including phenoxy) is 1. The fraction of sp³-hybridized carbons (Fsp3) is 0.500. The van der Waals surface area contributed by atoms with Gasteiger partial charge in [0, 0.05) is 13.0 Å². The maximum Gasteiger partial charge on any atom is 0.223 e. The number of carbonyl (C=O) groups excluding carboxylic acids is 1. The van der Waals surface area contributed by atoms with E-state index in [-0.39, 0.29) is 12.4 Å². The average Bonchev–Trinajstić information content (AvgIpc) is 2.62. The number of furan rings is 1. The van der Waals surface area contributed by atoms with E-state index >= 15 is 0 Å². The van der Waals surface area contributed by atoms with Crippen molar-refractivity contribution < 1.29 is 13.9 Å². The Balaban J connectivity index is 2.55. The summed E-state index contributed by atoms with van der Waals surface area (Å²) >= 11 is 0. The molecule has 0 spiro atoms. The second-order valence-corrected chi connectivity index (χ2v) is 2.68. The molecule has 0 aliphatic heterocycles. The molecule has 13 heavy (non-hydrogen) atoms. The third kappa shape index (κ3) is 2.70. The molecular formula is C10H14O3. The standard InChI is InChI=1S/C10H14O3/c1-3-8-5-6-10(13-8)9(11)7-12-4-2/h5-6H,3-4,7H2,1-2H3. The number of hydrogen-bond acceptors (Lipinski definition) is 3. The summed E-state index contributed by atoms with van der Waals surface area (Å²) in [7, 11) is 0. The van der Waals surface area contributed by atoms with Gasteiger partial charge in [0.2, 0.25) is 5.78 Å². The maximum absolute atomic E-state index is 11.3. The van der Waals surface area contributed by atoms with Crippen LogP contribution in [0.1, 0.15) is 30.2 Å². The normalized spacial score (nSPS) is 10.3. The van der Waals surface area contributed by atoms with Gasteiger partial charge >= 0.3 is 0 Å². The van der Waals surface area contributed by atoms with Crippen LogP contribution in [0.5, 0.6) is 0 Å². The van der Waals surface area contributed by atoms with Gasteiger partial charge in [-0.05, 0) is 19.1 Å². The van der Waals surface area contributed by atoms with Crippen LogP contribution < -0.4 is 0 Å². The molecule has 0 saturated heterocycles. The zero-order chi connectivity index (χ0) is 9.68. The van der Waals surface area contributed by atoms with E-state index in [2.05, 4.69) is 0 Å². The van der Waals surface area contributed by atoms with Gasteiger partial charge in [-0.25, -0.2) is 0 Å². The highest BCUT2D eigenvalue weighted by atomic mass is 16.5. The quantitative estimate of drug-likeness (QED) is 0.654. The van der Waals surface area contributed by atoms with Gasteiger partial charge in [0.05, 0.1) is 0 Å². The molecule has 1 aromatic heterocycles. The van der Waals surface area contributed by atoms with Crippen LogP contribution in [0, 0.1) is 0 Å². The van der Waals surface area contributed by atoms with Crippen molar-refractivity contribution in [1.29, 1.82) is 0 Å². The van der Waals surface area contributed by atoms with Crippen LogP contribution in [0.15, 0.2) is 16.5 Å². The van der Waals surface area contributed by atoms with Crippen molar-refractivity contribution in [3.63, 3.8) is 0 Å². The molecule has 1 rings (SSSR count). The molecular weight excluding hydrogens is 168 g/mol. The molecule has 0 saturated carbocycles. The van der Waals surface area contributed by atoms with Gasteiger partial charge < -0.3 is 9.15 Å². The van der Waals surface area contributed by atoms with E-state index < -0.39 is 0 Å². The first-order valence-corrected chi connectivity index (χ1v) is 4.47. The van der Waals surface area contributed by atoms with Gasteiger partial charge in [-0.2, -0.15) is 0 Å². The van der Waals surface area contributed by atoms with Crippen molar-refractivity contribution >= 4 is 5.78 Å². The van der Waals surface area contributed by atoms with Gasteiger partial charge in [-0.1, -0.05) is 6.92 Å². The van der Waals surface area contributed by atoms with E-state index in [0.29, 0.717) is 12.4 Å². The SMILES string of the molecule is CCOCC(=O)c1ccc(CC)o1. The molecule has 0 N–H and O–H groups in total. The summed E-state index contributed by atoms with van der Waals surface area (Å²) in [5, 5.41) is 0. The lowest BCUT2D eigenvalue weighted by atomic mass is 10.3. The van der Waals surface area contributed by atoms with E-state index in [1.54, 1.807) is 6.07 Å². The first-order valence-electron chi connectivity index (χ1n) is 4.47. The van der Waals surface area contributed by atoms with Crippen molar-refractivity contribution in [3.8, 4) is 0 Å². The third-order valence-electron chi connectivity index (χ3n) is 1.72. The lowest BCUT2D eigenvalue weighted by molar-refractivity contribution is 0.0754. The van der Waals surface area contributed by atoms with Crippen LogP contribution in [-0.2, 0) is 11.2 Å². The third-order valence-corrected chi connectivity index (χ3v) is 1.72. The van der Waals surface area contributed by atoms with E-state index in [9.17, 15) is 4.79 Å². The second kappa shape index (κ2) is 4.82. The Morgan fingerprint density at radius 3 is 2.77 bits per heavy atom. The van der Waals surface area contributed by atoms with Crippen molar-refractivity contribution in [1.82, 2.24) is 0 Å². The van der Waals surface area contributed by atoms with Crippen molar-refractivity contribution in [2.75, 3.05) is 13.2 Å². The van der Waals surface area contributed by atoms with Crippen LogP contribution in [0.4, 0.5) is 0 Å². The summed E-state index contributed by atoms with van der Waals surface area (Å²) in [6, 6.07) is 3.51. The maximum atomic E-state index is 11.3. The molecule has 1 aromatic rings. The van der Waals surface area contributed by atoms with Gasteiger partial charge in [-0.3, -0.25) is 4.79 Å². The topological polar surface area (TPSA) is 39.4 Å². The van der Waals surface area contributed by atoms with Crippen LogP contribution >= 0.6 is 0 Å². The van der Waals surface area contributed by atoms with Crippen LogP contribution in [0.3, 0.4) is 0 Å². The van der Waals surface area contributed by atoms with Crippen molar-refractivity contribution in [3.05, 3.63) is 23.7 Å². The fourth-order valence-corrected chi connectivity index (χ4v) is 0.984. The zero-order valence-electron chi connectivity index (χ0n) is 8.00. The number of carbonyl (C=O) groups is 1. The minimum Gasteiger partial charge on any atom is -0.458 e. The first-order chi connectivity index (χ1) is 6.27. The highest BCUT2D eigenvalue weighted by Gasteiger charge is 2.09. The summed E-state index contributed by atoms with van der Waals surface area (Å²) in [5.74, 6) is 1.13. The molecule has 0 radical (unpaired) electrons. The molecule has 0 unspecified atom stereocenters. The number of aryl methyl sites for hydroxylation is 1. The molecule has 0 bridgehead atoms. The average molecular weight is 182 g/mol. The van der Waals surface area contributed by atoms with Crippen LogP contribution in [0.25, 0.3) is 0 Å². The molecule has 72 valence electrons. The minimum atomic E-state index is -0.0958. The number of ketones is 1. The molecule has 0 fully saturated rings. The number of Topliss-reactive ketones (excluding diaryl/α,β-unsaturated/α-hetero) is 1. The fourth-order valence-electron chi connectivity index (χ4n) is 0.984. The molecule has 0 aliphatic carbocycles. The highest BCUT2D eigenvalue weighted by Crippen LogP contribution is 2.08. The highest BCUT2D eigenvalue weighted by molar-refractivity contribution is 5.94. The zero-order valence-corrected chi connectivity index (χ0v) is 8.00. The summed E-state index contributed by atoms with van der Waals surface area (Å²) in [6.45, 7) is 4.49. The summed E-state index contributed by atoms with van der Waals surface area (Å²) in [4.78, 5) is 11.3. The van der Waals surface area contributed by atoms with E-state index in [1.807, 2.05) is 19.9 Å². The number of hydrogen-bond donors (Lipinski definition) is 0. The summed E-state index contributed by atoms with van der Waals surface area (Å²) in [5.41, 5.74) is 0. The van der Waals surface area contributed by atoms with E-state index in [0.717, 1.165) is 12.2 Å². The van der Waals surface area contributed by atoms with Crippen LogP contribution in [0.2, 0.25) is 0 Å². The van der Waals surface area contributed by atoms with Gasteiger partial charge in [0.25, 0.3) is 0 Å². The molecule has 1 heterocycles. The monoisotopic (exact) mass is 182 g/mol. The Labute approximate surface area is 77.7 Å². The second-order valence-electron chi connectivity index (χ2n) is 2.68. The Kier molecular flexibility index (Phi) is 3.71. The predicted molar refractivity (Wildman–Crippen MR) is 48.9 cm³/mol. The van der Waals surface area contributed by atoms with Gasteiger partial charge in [0.1, 0.15) is 12.4 Å². The first kappa shape index (κ1) is 9.99. The minimum absolute atomic E-state index is 0.0958. The lowest BCUT2D eigenvalue weighted by Crippen LogP contribution is -2.07. The molecule has 0 amide bonds. The Morgan fingerprint density at radius 1 is 1.46 bits per heavy atom. The van der Waals surface area contributed by atoms with E-state index in [4.69, 9.17) is 9.15 Å². The van der Waals surface area contributed by atoms with Gasteiger partial charge in [-0.15, -0.1) is 0 Å². The lowest BCUT2D eigenvalue weighted by Gasteiger charge is -1.96. The summed E-state index contributed by atoms with van der Waals surface area (Å²) < 4.78 is 10.2. The molecule has 3 nitrogen and oxygen atoms in total. The predicted octanol–water partition coefficient (Wildman–Crippen LogP) is 2.06. The van der Waals surface area contributed by atoms with E-state index in [1.165, 1.54) is 0 Å². The molecule has 0 aliphatic rings. The Morgan fingerprint density at radius 2 is 2.23 bits per heavy atom. The smallest absolute Gasteiger partial charge is 0.223 e. The van der Waals surface area contributed by atoms with Crippen molar-refractivity contribution in [2.45, 2.75) is 20.3 Å². The largest absolute Gasteiger partial charge is 0.458 e. The Hall–Kier alpha value is -1.09. The number of rotatable bonds is 5. The van der Waals surface area contributed by atoms with Crippen LogP contribution in [-0.4, -0.2) is 19.0 Å².